The SMILES string of the molecule is CCC(=Nc1c(C(C)C)cccc1C(C)C)c1ccc2ccc3cccnc3c2n1. The molecular weight excluding hydrogens is 366 g/mol. The Bertz CT molecular complexity index is 1210. The lowest BCUT2D eigenvalue weighted by atomic mass is 9.92. The van der Waals surface area contributed by atoms with E-state index < -0.39 is 0 Å². The molecule has 4 aromatic rings. The van der Waals surface area contributed by atoms with Gasteiger partial charge in [0.15, 0.2) is 0 Å². The van der Waals surface area contributed by atoms with Crippen LogP contribution in [0.2, 0.25) is 0 Å². The number of aliphatic imine (C=N–C) groups is 1. The van der Waals surface area contributed by atoms with Gasteiger partial charge in [-0.3, -0.25) is 9.98 Å². The normalized spacial score (nSPS) is 12.4. The van der Waals surface area contributed by atoms with Crippen LogP contribution in [0.4, 0.5) is 5.69 Å². The van der Waals surface area contributed by atoms with Crippen LogP contribution in [0.25, 0.3) is 21.8 Å². The fourth-order valence-corrected chi connectivity index (χ4v) is 3.98. The number of pyridine rings is 2. The second kappa shape index (κ2) is 8.35. The molecule has 0 saturated carbocycles. The first-order chi connectivity index (χ1) is 14.5. The van der Waals surface area contributed by atoms with Crippen LogP contribution < -0.4 is 0 Å². The number of aromatic nitrogens is 2. The summed E-state index contributed by atoms with van der Waals surface area (Å²) in [5, 5.41) is 2.21. The maximum absolute atomic E-state index is 5.21. The first-order valence-electron chi connectivity index (χ1n) is 10.8. The molecule has 30 heavy (non-hydrogen) atoms. The van der Waals surface area contributed by atoms with Gasteiger partial charge >= 0.3 is 0 Å². The van der Waals surface area contributed by atoms with Crippen molar-refractivity contribution in [3.05, 3.63) is 77.6 Å². The predicted octanol–water partition coefficient (Wildman–Crippen LogP) is 7.56. The van der Waals surface area contributed by atoms with Crippen LogP contribution >= 0.6 is 0 Å². The molecule has 0 fully saturated rings. The molecule has 152 valence electrons. The van der Waals surface area contributed by atoms with Crippen LogP contribution in [0.3, 0.4) is 0 Å². The number of benzene rings is 2. The van der Waals surface area contributed by atoms with Gasteiger partial charge < -0.3 is 0 Å². The molecule has 0 aliphatic carbocycles. The minimum Gasteiger partial charge on any atom is -0.254 e. The highest BCUT2D eigenvalue weighted by atomic mass is 14.8. The molecule has 0 N–H and O–H groups in total. The van der Waals surface area contributed by atoms with Crippen molar-refractivity contribution in [1.82, 2.24) is 9.97 Å². The molecule has 0 radical (unpaired) electrons. The Morgan fingerprint density at radius 1 is 0.800 bits per heavy atom. The van der Waals surface area contributed by atoms with Gasteiger partial charge in [0.25, 0.3) is 0 Å². The number of fused-ring (bicyclic) bond motifs is 3. The van der Waals surface area contributed by atoms with E-state index in [2.05, 4.69) is 88.1 Å². The van der Waals surface area contributed by atoms with Crippen molar-refractivity contribution in [3.8, 4) is 0 Å². The van der Waals surface area contributed by atoms with Gasteiger partial charge in [-0.25, -0.2) is 4.98 Å². The molecule has 3 nitrogen and oxygen atoms in total. The monoisotopic (exact) mass is 395 g/mol. The van der Waals surface area contributed by atoms with Crippen molar-refractivity contribution in [3.63, 3.8) is 0 Å². The maximum atomic E-state index is 5.21. The van der Waals surface area contributed by atoms with Gasteiger partial charge in [0.2, 0.25) is 0 Å². The van der Waals surface area contributed by atoms with Crippen molar-refractivity contribution < 1.29 is 0 Å². The van der Waals surface area contributed by atoms with Gasteiger partial charge in [-0.15, -0.1) is 0 Å². The van der Waals surface area contributed by atoms with E-state index in [1.807, 2.05) is 12.3 Å². The summed E-state index contributed by atoms with van der Waals surface area (Å²) in [5.41, 5.74) is 7.51. The summed E-state index contributed by atoms with van der Waals surface area (Å²) < 4.78 is 0. The Hall–Kier alpha value is -3.07. The van der Waals surface area contributed by atoms with E-state index >= 15 is 0 Å². The van der Waals surface area contributed by atoms with Gasteiger partial charge in [-0.2, -0.15) is 0 Å². The van der Waals surface area contributed by atoms with Gasteiger partial charge in [0.1, 0.15) is 0 Å². The second-order valence-electron chi connectivity index (χ2n) is 8.42. The molecule has 2 heterocycles. The standard InChI is InChI=1S/C27H29N3/c1-6-23(29-27-21(17(2)3)10-7-11-22(27)18(4)5)24-15-14-20-13-12-19-9-8-16-28-25(19)26(20)30-24/h7-18H,6H2,1-5H3. The molecule has 0 aliphatic rings. The fraction of sp³-hybridized carbons (Fsp3) is 0.296. The van der Waals surface area contributed by atoms with Crippen molar-refractivity contribution in [2.45, 2.75) is 52.9 Å². The van der Waals surface area contributed by atoms with Crippen LogP contribution in [0.15, 0.2) is 65.8 Å². The number of rotatable bonds is 5. The van der Waals surface area contributed by atoms with E-state index in [1.54, 1.807) is 0 Å². The summed E-state index contributed by atoms with van der Waals surface area (Å²) in [6.07, 6.45) is 2.65. The van der Waals surface area contributed by atoms with E-state index in [0.717, 1.165) is 45.3 Å². The van der Waals surface area contributed by atoms with Crippen LogP contribution in [0.5, 0.6) is 0 Å². The summed E-state index contributed by atoms with van der Waals surface area (Å²) >= 11 is 0. The summed E-state index contributed by atoms with van der Waals surface area (Å²) in [6, 6.07) is 19.1. The van der Waals surface area contributed by atoms with Gasteiger partial charge in [-0.05, 0) is 41.5 Å². The number of hydrogen-bond acceptors (Lipinski definition) is 3. The van der Waals surface area contributed by atoms with Crippen LogP contribution in [-0.4, -0.2) is 15.7 Å². The lowest BCUT2D eigenvalue weighted by Gasteiger charge is -2.17. The summed E-state index contributed by atoms with van der Waals surface area (Å²) in [5.74, 6) is 0.830. The molecule has 0 spiro atoms. The number of hydrogen-bond donors (Lipinski definition) is 0. The molecular formula is C27H29N3. The van der Waals surface area contributed by atoms with E-state index in [-0.39, 0.29) is 0 Å². The van der Waals surface area contributed by atoms with Crippen molar-refractivity contribution in [2.75, 3.05) is 0 Å². The quantitative estimate of drug-likeness (QED) is 0.258. The highest BCUT2D eigenvalue weighted by molar-refractivity contribution is 6.06. The molecule has 3 heteroatoms. The Morgan fingerprint density at radius 2 is 1.43 bits per heavy atom. The Labute approximate surface area is 178 Å². The molecule has 0 bridgehead atoms. The molecule has 4 rings (SSSR count). The van der Waals surface area contributed by atoms with Gasteiger partial charge in [-0.1, -0.05) is 77.1 Å². The zero-order chi connectivity index (χ0) is 21.3. The Kier molecular flexibility index (Phi) is 5.63. The molecule has 2 aromatic carbocycles. The van der Waals surface area contributed by atoms with Crippen LogP contribution in [-0.2, 0) is 0 Å². The van der Waals surface area contributed by atoms with Crippen molar-refractivity contribution in [1.29, 1.82) is 0 Å². The topological polar surface area (TPSA) is 38.1 Å². The van der Waals surface area contributed by atoms with Gasteiger partial charge in [0.05, 0.1) is 28.1 Å². The second-order valence-corrected chi connectivity index (χ2v) is 8.42. The highest BCUT2D eigenvalue weighted by Crippen LogP contribution is 2.35. The maximum Gasteiger partial charge on any atom is 0.0972 e. The zero-order valence-electron chi connectivity index (χ0n) is 18.5. The third-order valence-electron chi connectivity index (χ3n) is 5.65. The fourth-order valence-electron chi connectivity index (χ4n) is 3.98. The minimum atomic E-state index is 0.415. The first-order valence-corrected chi connectivity index (χ1v) is 10.8. The average Bonchev–Trinajstić information content (AvgIpc) is 2.76. The van der Waals surface area contributed by atoms with Crippen LogP contribution in [0, 0.1) is 0 Å². The highest BCUT2D eigenvalue weighted by Gasteiger charge is 2.15. The third kappa shape index (κ3) is 3.72. The zero-order valence-corrected chi connectivity index (χ0v) is 18.5. The summed E-state index contributed by atoms with van der Waals surface area (Å²) in [4.78, 5) is 14.8. The molecule has 0 unspecified atom stereocenters. The van der Waals surface area contributed by atoms with E-state index in [9.17, 15) is 0 Å². The molecule has 0 saturated heterocycles. The number of para-hydroxylation sites is 1. The lowest BCUT2D eigenvalue weighted by molar-refractivity contribution is 0.834. The van der Waals surface area contributed by atoms with E-state index in [4.69, 9.17) is 9.98 Å². The average molecular weight is 396 g/mol. The summed E-state index contributed by atoms with van der Waals surface area (Å²) in [7, 11) is 0. The molecule has 0 amide bonds. The van der Waals surface area contributed by atoms with E-state index in [1.165, 1.54) is 11.1 Å². The largest absolute Gasteiger partial charge is 0.254 e. The van der Waals surface area contributed by atoms with Crippen molar-refractivity contribution in [2.24, 2.45) is 4.99 Å². The van der Waals surface area contributed by atoms with E-state index in [0.29, 0.717) is 11.8 Å². The summed E-state index contributed by atoms with van der Waals surface area (Å²) in [6.45, 7) is 11.1. The van der Waals surface area contributed by atoms with Crippen molar-refractivity contribution >= 4 is 33.2 Å². The molecule has 0 aliphatic heterocycles. The third-order valence-corrected chi connectivity index (χ3v) is 5.65. The molecule has 0 atom stereocenters. The lowest BCUT2D eigenvalue weighted by Crippen LogP contribution is -2.04. The number of nitrogens with zero attached hydrogens (tertiary/aromatic N) is 3. The Morgan fingerprint density at radius 3 is 2.07 bits per heavy atom. The first kappa shape index (κ1) is 20.2. The molecule has 2 aromatic heterocycles. The van der Waals surface area contributed by atoms with Crippen LogP contribution in [0.1, 0.15) is 69.7 Å². The predicted molar refractivity (Wildman–Crippen MR) is 128 cm³/mol. The minimum absolute atomic E-state index is 0.415. The Balaban J connectivity index is 1.92. The van der Waals surface area contributed by atoms with Gasteiger partial charge in [0, 0.05) is 17.0 Å². The smallest absolute Gasteiger partial charge is 0.0972 e.